The minimum absolute atomic E-state index is 0.154. The van der Waals surface area contributed by atoms with Crippen molar-refractivity contribution in [1.82, 2.24) is 14.5 Å². The van der Waals surface area contributed by atoms with E-state index in [-0.39, 0.29) is 16.6 Å². The van der Waals surface area contributed by atoms with Crippen molar-refractivity contribution >= 4 is 38.9 Å². The summed E-state index contributed by atoms with van der Waals surface area (Å²) >= 11 is 0. The highest BCUT2D eigenvalue weighted by molar-refractivity contribution is 6.01. The number of aromatic nitrogens is 3. The van der Waals surface area contributed by atoms with E-state index >= 15 is 0 Å². The first-order valence-corrected chi connectivity index (χ1v) is 20.3. The van der Waals surface area contributed by atoms with Crippen molar-refractivity contribution in [3.63, 3.8) is 0 Å². The van der Waals surface area contributed by atoms with E-state index in [0.717, 1.165) is 78.2 Å². The van der Waals surface area contributed by atoms with Gasteiger partial charge in [0.2, 0.25) is 0 Å². The predicted molar refractivity (Wildman–Crippen MR) is 246 cm³/mol. The first-order chi connectivity index (χ1) is 28.5. The van der Waals surface area contributed by atoms with Crippen LogP contribution >= 0.6 is 0 Å². The zero-order valence-corrected chi connectivity index (χ0v) is 34.5. The normalized spacial score (nSPS) is 12.0. The molecular formula is C54H48N4O. The first kappa shape index (κ1) is 37.6. The second kappa shape index (κ2) is 14.8. The van der Waals surface area contributed by atoms with Crippen molar-refractivity contribution in [2.45, 2.75) is 52.4 Å². The van der Waals surface area contributed by atoms with Crippen LogP contribution in [0.2, 0.25) is 0 Å². The highest BCUT2D eigenvalue weighted by Crippen LogP contribution is 2.45. The number of para-hydroxylation sites is 4. The third-order valence-electron chi connectivity index (χ3n) is 11.1. The second-order valence-electron chi connectivity index (χ2n) is 17.3. The molecule has 0 bridgehead atoms. The molecule has 59 heavy (non-hydrogen) atoms. The van der Waals surface area contributed by atoms with Crippen molar-refractivity contribution in [1.29, 1.82) is 0 Å². The third-order valence-corrected chi connectivity index (χ3v) is 11.1. The largest absolute Gasteiger partial charge is 0.507 e. The monoisotopic (exact) mass is 768 g/mol. The molecule has 0 aliphatic heterocycles. The summed E-state index contributed by atoms with van der Waals surface area (Å²) in [6.07, 6.45) is 0. The Morgan fingerprint density at radius 2 is 1.14 bits per heavy atom. The third kappa shape index (κ3) is 7.03. The Labute approximate surface area is 346 Å². The fourth-order valence-corrected chi connectivity index (χ4v) is 8.09. The number of fused-ring (bicyclic) bond motifs is 2. The van der Waals surface area contributed by atoms with Crippen LogP contribution in [0.25, 0.3) is 61.4 Å². The fourth-order valence-electron chi connectivity index (χ4n) is 8.09. The molecule has 0 atom stereocenters. The van der Waals surface area contributed by atoms with Gasteiger partial charge in [-0.3, -0.25) is 4.57 Å². The molecule has 290 valence electrons. The van der Waals surface area contributed by atoms with Gasteiger partial charge in [0.1, 0.15) is 11.6 Å². The number of imidazole rings is 1. The van der Waals surface area contributed by atoms with Gasteiger partial charge in [-0.1, -0.05) is 151 Å². The van der Waals surface area contributed by atoms with Gasteiger partial charge in [0.25, 0.3) is 0 Å². The molecule has 0 unspecified atom stereocenters. The van der Waals surface area contributed by atoms with E-state index < -0.39 is 0 Å². The van der Waals surface area contributed by atoms with Crippen LogP contribution in [0.3, 0.4) is 0 Å². The highest BCUT2D eigenvalue weighted by atomic mass is 16.3. The number of nitrogens with zero attached hydrogens (tertiary/aromatic N) is 4. The molecule has 5 nitrogen and oxygen atoms in total. The van der Waals surface area contributed by atoms with Crippen molar-refractivity contribution in [2.75, 3.05) is 4.90 Å². The average Bonchev–Trinajstić information content (AvgIpc) is 3.63. The lowest BCUT2D eigenvalue weighted by atomic mass is 9.79. The van der Waals surface area contributed by atoms with Crippen molar-refractivity contribution < 1.29 is 5.11 Å². The highest BCUT2D eigenvalue weighted by Gasteiger charge is 2.29. The van der Waals surface area contributed by atoms with Gasteiger partial charge in [-0.25, -0.2) is 9.97 Å². The van der Waals surface area contributed by atoms with Gasteiger partial charge in [-0.15, -0.1) is 0 Å². The van der Waals surface area contributed by atoms with E-state index in [4.69, 9.17) is 9.97 Å². The minimum atomic E-state index is -0.295. The van der Waals surface area contributed by atoms with Crippen LogP contribution in [-0.4, -0.2) is 19.6 Å². The Kier molecular flexibility index (Phi) is 9.40. The van der Waals surface area contributed by atoms with E-state index in [1.807, 2.05) is 30.3 Å². The molecule has 0 spiro atoms. The lowest BCUT2D eigenvalue weighted by molar-refractivity contribution is 0.446. The Balaban J connectivity index is 1.27. The summed E-state index contributed by atoms with van der Waals surface area (Å²) in [6.45, 7) is 13.1. The number of benzene rings is 7. The number of hydrogen-bond donors (Lipinski definition) is 1. The summed E-state index contributed by atoms with van der Waals surface area (Å²) in [4.78, 5) is 13.3. The summed E-state index contributed by atoms with van der Waals surface area (Å²) in [5.74, 6) is 0.939. The molecule has 0 aliphatic rings. The Hall–Kier alpha value is -6.98. The first-order valence-electron chi connectivity index (χ1n) is 20.3. The Morgan fingerprint density at radius 1 is 0.525 bits per heavy atom. The molecule has 5 heteroatoms. The van der Waals surface area contributed by atoms with Gasteiger partial charge >= 0.3 is 0 Å². The number of phenols is 1. The van der Waals surface area contributed by atoms with Crippen LogP contribution in [-0.2, 0) is 10.8 Å². The van der Waals surface area contributed by atoms with E-state index in [1.165, 1.54) is 0 Å². The molecular weight excluding hydrogens is 721 g/mol. The average molecular weight is 769 g/mol. The lowest BCUT2D eigenvalue weighted by Gasteiger charge is -2.27. The Morgan fingerprint density at radius 3 is 1.80 bits per heavy atom. The topological polar surface area (TPSA) is 54.2 Å². The maximum atomic E-state index is 12.2. The zero-order chi connectivity index (χ0) is 40.9. The lowest BCUT2D eigenvalue weighted by Crippen LogP contribution is -2.17. The van der Waals surface area contributed by atoms with Crippen LogP contribution in [0.4, 0.5) is 17.1 Å². The van der Waals surface area contributed by atoms with Crippen molar-refractivity contribution in [2.24, 2.45) is 0 Å². The van der Waals surface area contributed by atoms with Gasteiger partial charge in [-0.05, 0) is 88.5 Å². The number of anilines is 3. The standard InChI is InChI=1S/C54H48N4O/c1-53(2,3)38-34-45(51(59)46(35-38)54(4,5)6)52-56-50-44(30-19-31-48(50)58(52)41-26-14-9-15-27-41)47-33-36-20-16-17-29-43(36)49(55-47)37-21-18-28-42(32-37)57(39-22-10-7-11-23-39)40-24-12-8-13-25-40/h7-35,59H,1-6H3. The fraction of sp³-hybridized carbons (Fsp3) is 0.148. The van der Waals surface area contributed by atoms with Gasteiger partial charge in [0.05, 0.1) is 28.0 Å². The summed E-state index contributed by atoms with van der Waals surface area (Å²) in [5, 5.41) is 14.3. The minimum Gasteiger partial charge on any atom is -0.507 e. The van der Waals surface area contributed by atoms with E-state index in [2.05, 4.69) is 197 Å². The van der Waals surface area contributed by atoms with Gasteiger partial charge in [-0.2, -0.15) is 0 Å². The molecule has 0 fully saturated rings. The SMILES string of the molecule is CC(C)(C)c1cc(-c2nc3c(-c4cc5ccccc5c(-c5cccc(N(c6ccccc6)c6ccccc6)c5)n4)cccc3n2-c2ccccc2)c(O)c(C(C)(C)C)c1. The molecule has 9 aromatic rings. The van der Waals surface area contributed by atoms with E-state index in [9.17, 15) is 5.11 Å². The van der Waals surface area contributed by atoms with Crippen LogP contribution < -0.4 is 4.90 Å². The molecule has 0 amide bonds. The molecule has 7 aromatic carbocycles. The molecule has 0 saturated heterocycles. The van der Waals surface area contributed by atoms with Crippen LogP contribution in [0.5, 0.6) is 5.75 Å². The number of aromatic hydroxyl groups is 1. The molecule has 1 N–H and O–H groups in total. The second-order valence-corrected chi connectivity index (χ2v) is 17.3. The van der Waals surface area contributed by atoms with Crippen molar-refractivity contribution in [3.8, 4) is 45.3 Å². The van der Waals surface area contributed by atoms with Gasteiger partial charge in [0.15, 0.2) is 0 Å². The summed E-state index contributed by atoms with van der Waals surface area (Å²) in [7, 11) is 0. The maximum absolute atomic E-state index is 12.2. The van der Waals surface area contributed by atoms with Gasteiger partial charge < -0.3 is 10.0 Å². The summed E-state index contributed by atoms with van der Waals surface area (Å²) < 4.78 is 2.18. The smallest absolute Gasteiger partial charge is 0.149 e. The number of hydrogen-bond acceptors (Lipinski definition) is 4. The number of rotatable bonds is 7. The number of pyridine rings is 1. The van der Waals surface area contributed by atoms with Crippen LogP contribution in [0.1, 0.15) is 52.7 Å². The quantitative estimate of drug-likeness (QED) is 0.175. The summed E-state index contributed by atoms with van der Waals surface area (Å²) in [6, 6.07) is 61.2. The van der Waals surface area contributed by atoms with Crippen LogP contribution in [0.15, 0.2) is 176 Å². The maximum Gasteiger partial charge on any atom is 0.149 e. The molecule has 2 heterocycles. The number of phenolic OH excluding ortho intramolecular Hbond substituents is 1. The van der Waals surface area contributed by atoms with E-state index in [1.54, 1.807) is 0 Å². The van der Waals surface area contributed by atoms with Gasteiger partial charge in [0, 0.05) is 44.8 Å². The summed E-state index contributed by atoms with van der Waals surface area (Å²) in [5.41, 5.74) is 11.8. The molecule has 0 saturated carbocycles. The molecule has 0 aliphatic carbocycles. The molecule has 0 radical (unpaired) electrons. The molecule has 9 rings (SSSR count). The van der Waals surface area contributed by atoms with Crippen LogP contribution in [0, 0.1) is 0 Å². The Bertz CT molecular complexity index is 2920. The zero-order valence-electron chi connectivity index (χ0n) is 34.5. The van der Waals surface area contributed by atoms with Crippen molar-refractivity contribution in [3.05, 3.63) is 187 Å². The molecule has 2 aromatic heterocycles. The van der Waals surface area contributed by atoms with E-state index in [0.29, 0.717) is 11.4 Å². The predicted octanol–water partition coefficient (Wildman–Crippen LogP) is 14.3.